The standard InChI is InChI=1S/C13H19F3N4O/c14-13(15,16)10-6-11(19-17)18-12(7-10)20-4-1-2-9(8-20)3-5-21/h6-7,9,21H,1-5,8,17H2,(H,18,19). The third-order valence-corrected chi connectivity index (χ3v) is 3.67. The smallest absolute Gasteiger partial charge is 0.396 e. The molecule has 1 aromatic rings. The van der Waals surface area contributed by atoms with Gasteiger partial charge in [-0.15, -0.1) is 0 Å². The summed E-state index contributed by atoms with van der Waals surface area (Å²) in [7, 11) is 0. The van der Waals surface area contributed by atoms with Crippen molar-refractivity contribution in [3.63, 3.8) is 0 Å². The minimum atomic E-state index is -4.44. The summed E-state index contributed by atoms with van der Waals surface area (Å²) < 4.78 is 38.7. The van der Waals surface area contributed by atoms with Gasteiger partial charge in [0.2, 0.25) is 0 Å². The molecule has 8 heteroatoms. The monoisotopic (exact) mass is 304 g/mol. The molecular weight excluding hydrogens is 285 g/mol. The van der Waals surface area contributed by atoms with Crippen LogP contribution in [0, 0.1) is 5.92 Å². The Kier molecular flexibility index (Phi) is 4.89. The largest absolute Gasteiger partial charge is 0.416 e. The van der Waals surface area contributed by atoms with E-state index in [1.54, 1.807) is 0 Å². The molecule has 5 nitrogen and oxygen atoms in total. The third-order valence-electron chi connectivity index (χ3n) is 3.67. The molecule has 0 aromatic carbocycles. The minimum Gasteiger partial charge on any atom is -0.396 e. The zero-order valence-corrected chi connectivity index (χ0v) is 11.5. The Morgan fingerprint density at radius 3 is 2.81 bits per heavy atom. The highest BCUT2D eigenvalue weighted by Crippen LogP contribution is 2.34. The number of aromatic nitrogens is 1. The summed E-state index contributed by atoms with van der Waals surface area (Å²) in [5.74, 6) is 5.73. The van der Waals surface area contributed by atoms with Crippen molar-refractivity contribution < 1.29 is 18.3 Å². The maximum Gasteiger partial charge on any atom is 0.416 e. The highest BCUT2D eigenvalue weighted by atomic mass is 19.4. The van der Waals surface area contributed by atoms with Gasteiger partial charge in [-0.05, 0) is 37.3 Å². The first-order valence-corrected chi connectivity index (χ1v) is 6.85. The van der Waals surface area contributed by atoms with Crippen LogP contribution in [-0.2, 0) is 6.18 Å². The first-order chi connectivity index (χ1) is 9.94. The van der Waals surface area contributed by atoms with Gasteiger partial charge < -0.3 is 15.4 Å². The van der Waals surface area contributed by atoms with Crippen LogP contribution in [0.5, 0.6) is 0 Å². The first-order valence-electron chi connectivity index (χ1n) is 6.85. The van der Waals surface area contributed by atoms with E-state index in [0.29, 0.717) is 19.5 Å². The topological polar surface area (TPSA) is 74.4 Å². The van der Waals surface area contributed by atoms with Gasteiger partial charge in [0.05, 0.1) is 5.56 Å². The maximum absolute atomic E-state index is 12.9. The van der Waals surface area contributed by atoms with Crippen molar-refractivity contribution in [1.29, 1.82) is 0 Å². The number of nitrogens with two attached hydrogens (primary N) is 1. The molecule has 2 heterocycles. The van der Waals surface area contributed by atoms with E-state index in [4.69, 9.17) is 10.9 Å². The van der Waals surface area contributed by atoms with E-state index in [1.807, 2.05) is 4.90 Å². The van der Waals surface area contributed by atoms with E-state index in [-0.39, 0.29) is 24.2 Å². The van der Waals surface area contributed by atoms with Crippen molar-refractivity contribution in [2.45, 2.75) is 25.4 Å². The maximum atomic E-state index is 12.9. The summed E-state index contributed by atoms with van der Waals surface area (Å²) in [6.45, 7) is 1.34. The Hall–Kier alpha value is -1.54. The number of rotatable bonds is 4. The molecule has 21 heavy (non-hydrogen) atoms. The highest BCUT2D eigenvalue weighted by molar-refractivity contribution is 5.51. The summed E-state index contributed by atoms with van der Waals surface area (Å²) in [4.78, 5) is 5.93. The van der Waals surface area contributed by atoms with Gasteiger partial charge in [0.25, 0.3) is 0 Å². The van der Waals surface area contributed by atoms with E-state index in [0.717, 1.165) is 25.0 Å². The molecule has 1 atom stereocenters. The Morgan fingerprint density at radius 2 is 2.19 bits per heavy atom. The quantitative estimate of drug-likeness (QED) is 0.586. The molecular formula is C13H19F3N4O. The van der Waals surface area contributed by atoms with Crippen LogP contribution in [0.3, 0.4) is 0 Å². The second kappa shape index (κ2) is 6.48. The molecule has 0 radical (unpaired) electrons. The predicted octanol–water partition coefficient (Wildman–Crippen LogP) is 1.98. The number of hydrogen-bond donors (Lipinski definition) is 3. The van der Waals surface area contributed by atoms with Crippen molar-refractivity contribution in [3.05, 3.63) is 17.7 Å². The second-order valence-corrected chi connectivity index (χ2v) is 5.21. The molecule has 1 aliphatic heterocycles. The lowest BCUT2D eigenvalue weighted by atomic mass is 9.95. The molecule has 0 spiro atoms. The van der Waals surface area contributed by atoms with Gasteiger partial charge in [-0.1, -0.05) is 0 Å². The highest BCUT2D eigenvalue weighted by Gasteiger charge is 2.32. The molecule has 1 unspecified atom stereocenters. The molecule has 0 bridgehead atoms. The van der Waals surface area contributed by atoms with E-state index in [9.17, 15) is 13.2 Å². The van der Waals surface area contributed by atoms with Crippen molar-refractivity contribution >= 4 is 11.6 Å². The molecule has 2 rings (SSSR count). The summed E-state index contributed by atoms with van der Waals surface area (Å²) in [6, 6.07) is 1.93. The molecule has 1 aromatic heterocycles. The SMILES string of the molecule is NNc1cc(C(F)(F)F)cc(N2CCCC(CCO)C2)n1. The van der Waals surface area contributed by atoms with Crippen molar-refractivity contribution in [3.8, 4) is 0 Å². The van der Waals surface area contributed by atoms with Crippen LogP contribution >= 0.6 is 0 Å². The number of nitrogens with zero attached hydrogens (tertiary/aromatic N) is 2. The van der Waals surface area contributed by atoms with Gasteiger partial charge in [-0.2, -0.15) is 13.2 Å². The number of anilines is 2. The number of nitrogens with one attached hydrogen (secondary N) is 1. The fourth-order valence-corrected chi connectivity index (χ4v) is 2.61. The van der Waals surface area contributed by atoms with E-state index < -0.39 is 11.7 Å². The van der Waals surface area contributed by atoms with Crippen molar-refractivity contribution in [1.82, 2.24) is 4.98 Å². The lowest BCUT2D eigenvalue weighted by molar-refractivity contribution is -0.137. The molecule has 1 saturated heterocycles. The Labute approximate surface area is 120 Å². The number of piperidine rings is 1. The molecule has 0 saturated carbocycles. The first kappa shape index (κ1) is 15.8. The van der Waals surface area contributed by atoms with Gasteiger partial charge in [0, 0.05) is 19.7 Å². The van der Waals surface area contributed by atoms with Gasteiger partial charge in [0.15, 0.2) is 0 Å². The number of pyridine rings is 1. The number of nitrogen functional groups attached to an aromatic ring is 1. The lowest BCUT2D eigenvalue weighted by Crippen LogP contribution is -2.36. The van der Waals surface area contributed by atoms with Crippen molar-refractivity contribution in [2.24, 2.45) is 11.8 Å². The second-order valence-electron chi connectivity index (χ2n) is 5.21. The number of hydrazine groups is 1. The van der Waals surface area contributed by atoms with Gasteiger partial charge in [0.1, 0.15) is 11.6 Å². The van der Waals surface area contributed by atoms with Gasteiger partial charge in [-0.3, -0.25) is 0 Å². The van der Waals surface area contributed by atoms with Crippen LogP contribution in [0.15, 0.2) is 12.1 Å². The summed E-state index contributed by atoms with van der Waals surface area (Å²) in [6.07, 6.45) is -1.95. The van der Waals surface area contributed by atoms with Crippen LogP contribution in [-0.4, -0.2) is 29.8 Å². The molecule has 4 N–H and O–H groups in total. The lowest BCUT2D eigenvalue weighted by Gasteiger charge is -2.33. The Balaban J connectivity index is 2.25. The number of halogens is 3. The van der Waals surface area contributed by atoms with E-state index in [2.05, 4.69) is 10.4 Å². The number of aliphatic hydroxyl groups is 1. The van der Waals surface area contributed by atoms with Crippen LogP contribution in [0.25, 0.3) is 0 Å². The normalized spacial score (nSPS) is 19.7. The zero-order valence-electron chi connectivity index (χ0n) is 11.5. The van der Waals surface area contributed by atoms with Crippen LogP contribution in [0.4, 0.5) is 24.8 Å². The molecule has 0 amide bonds. The van der Waals surface area contributed by atoms with Gasteiger partial charge >= 0.3 is 6.18 Å². The number of hydrogen-bond acceptors (Lipinski definition) is 5. The minimum absolute atomic E-state index is 0.0101. The third kappa shape index (κ3) is 3.98. The molecule has 1 aliphatic rings. The summed E-state index contributed by atoms with van der Waals surface area (Å²) in [5.41, 5.74) is 1.40. The molecule has 1 fully saturated rings. The molecule has 118 valence electrons. The Bertz CT molecular complexity index is 479. The van der Waals surface area contributed by atoms with Gasteiger partial charge in [-0.25, -0.2) is 10.8 Å². The molecule has 0 aliphatic carbocycles. The number of alkyl halides is 3. The van der Waals surface area contributed by atoms with Crippen LogP contribution in [0.2, 0.25) is 0 Å². The number of aliphatic hydroxyl groups excluding tert-OH is 1. The summed E-state index contributed by atoms with van der Waals surface area (Å²) >= 11 is 0. The van der Waals surface area contributed by atoms with Crippen LogP contribution in [0.1, 0.15) is 24.8 Å². The van der Waals surface area contributed by atoms with E-state index in [1.165, 1.54) is 0 Å². The zero-order chi connectivity index (χ0) is 15.5. The average Bonchev–Trinajstić information content (AvgIpc) is 2.46. The average molecular weight is 304 g/mol. The summed E-state index contributed by atoms with van der Waals surface area (Å²) in [5, 5.41) is 9.00. The van der Waals surface area contributed by atoms with Crippen LogP contribution < -0.4 is 16.2 Å². The fourth-order valence-electron chi connectivity index (χ4n) is 2.61. The Morgan fingerprint density at radius 1 is 1.43 bits per heavy atom. The predicted molar refractivity (Wildman–Crippen MR) is 73.7 cm³/mol. The fraction of sp³-hybridized carbons (Fsp3) is 0.615. The van der Waals surface area contributed by atoms with E-state index >= 15 is 0 Å². The van der Waals surface area contributed by atoms with Crippen molar-refractivity contribution in [2.75, 3.05) is 30.0 Å².